The third-order valence-corrected chi connectivity index (χ3v) is 8.94. The normalized spacial score (nSPS) is 17.6. The van der Waals surface area contributed by atoms with Crippen LogP contribution in [0.5, 0.6) is 5.75 Å². The monoisotopic (exact) mass is 534 g/mol. The summed E-state index contributed by atoms with van der Waals surface area (Å²) in [7, 11) is 3.67. The number of nitrogens with two attached hydrogens (primary N) is 1. The van der Waals surface area contributed by atoms with Crippen molar-refractivity contribution in [1.29, 1.82) is 0 Å². The number of carbonyl (C=O) groups is 1. The minimum atomic E-state index is -0.0271. The van der Waals surface area contributed by atoms with Gasteiger partial charge in [-0.05, 0) is 68.6 Å². The van der Waals surface area contributed by atoms with Crippen LogP contribution in [0.3, 0.4) is 0 Å². The standard InChI is InChI=1S/C29H31ClN4O2S/c1-32-21-9-11-22(12-10-21)34(29(35)28-27(30)23-5-3-4-6-25(23)37-28)17-20-15-18(7-13-24(20)36-2)19-8-14-26(31)33-16-19/h3-8,13-16,21-22,32H,9-12,17H2,1-2H3,(H2,31,33)/t21-,22-. The van der Waals surface area contributed by atoms with Gasteiger partial charge in [0.1, 0.15) is 16.4 Å². The molecule has 1 aliphatic carbocycles. The second-order valence-corrected chi connectivity index (χ2v) is 10.9. The van der Waals surface area contributed by atoms with E-state index in [-0.39, 0.29) is 11.9 Å². The predicted molar refractivity (Wildman–Crippen MR) is 152 cm³/mol. The van der Waals surface area contributed by atoms with E-state index < -0.39 is 0 Å². The highest BCUT2D eigenvalue weighted by molar-refractivity contribution is 7.21. The van der Waals surface area contributed by atoms with Gasteiger partial charge in [0, 0.05) is 46.0 Å². The van der Waals surface area contributed by atoms with E-state index in [2.05, 4.69) is 16.4 Å². The van der Waals surface area contributed by atoms with Crippen LogP contribution in [0.2, 0.25) is 5.02 Å². The Balaban J connectivity index is 1.52. The number of methoxy groups -OCH3 is 1. The zero-order valence-electron chi connectivity index (χ0n) is 21.0. The number of nitrogens with zero attached hydrogens (tertiary/aromatic N) is 2. The first-order valence-corrected chi connectivity index (χ1v) is 13.7. The topological polar surface area (TPSA) is 80.5 Å². The van der Waals surface area contributed by atoms with Gasteiger partial charge in [0.05, 0.1) is 12.1 Å². The SMILES string of the molecule is CN[C@H]1CC[C@H](N(Cc2cc(-c3ccc(N)nc3)ccc2OC)C(=O)c2sc3ccccc3c2Cl)CC1. The summed E-state index contributed by atoms with van der Waals surface area (Å²) < 4.78 is 6.75. The van der Waals surface area contributed by atoms with Gasteiger partial charge in [-0.2, -0.15) is 0 Å². The number of anilines is 1. The molecule has 3 N–H and O–H groups in total. The number of thiophene rings is 1. The van der Waals surface area contributed by atoms with E-state index in [0.29, 0.717) is 28.3 Å². The Morgan fingerprint density at radius 2 is 1.89 bits per heavy atom. The molecule has 1 saturated carbocycles. The molecule has 5 rings (SSSR count). The Morgan fingerprint density at radius 1 is 1.14 bits per heavy atom. The lowest BCUT2D eigenvalue weighted by atomic mass is 9.89. The van der Waals surface area contributed by atoms with E-state index in [0.717, 1.165) is 58.2 Å². The quantitative estimate of drug-likeness (QED) is 0.287. The molecule has 37 heavy (non-hydrogen) atoms. The second-order valence-electron chi connectivity index (χ2n) is 9.47. The maximum Gasteiger partial charge on any atom is 0.266 e. The Kier molecular flexibility index (Phi) is 7.65. The van der Waals surface area contributed by atoms with Gasteiger partial charge in [0.15, 0.2) is 0 Å². The second kappa shape index (κ2) is 11.1. The molecular weight excluding hydrogens is 504 g/mol. The van der Waals surface area contributed by atoms with Crippen LogP contribution in [0, 0.1) is 0 Å². The molecule has 2 aromatic heterocycles. The summed E-state index contributed by atoms with van der Waals surface area (Å²) in [5, 5.41) is 4.85. The van der Waals surface area contributed by atoms with Crippen LogP contribution in [0.15, 0.2) is 60.8 Å². The number of benzene rings is 2. The van der Waals surface area contributed by atoms with Crippen LogP contribution in [0.1, 0.15) is 40.9 Å². The van der Waals surface area contributed by atoms with Gasteiger partial charge in [-0.15, -0.1) is 11.3 Å². The van der Waals surface area contributed by atoms with Crippen molar-refractivity contribution in [1.82, 2.24) is 15.2 Å². The summed E-state index contributed by atoms with van der Waals surface area (Å²) >= 11 is 8.24. The fraction of sp³-hybridized carbons (Fsp3) is 0.310. The molecule has 192 valence electrons. The minimum absolute atomic E-state index is 0.0271. The summed E-state index contributed by atoms with van der Waals surface area (Å²) in [5.41, 5.74) is 8.68. The first-order valence-electron chi connectivity index (χ1n) is 12.5. The average molecular weight is 535 g/mol. The number of hydrogen-bond acceptors (Lipinski definition) is 6. The fourth-order valence-electron chi connectivity index (χ4n) is 5.17. The third-order valence-electron chi connectivity index (χ3n) is 7.28. The Hall–Kier alpha value is -3.13. The van der Waals surface area contributed by atoms with Crippen molar-refractivity contribution in [3.63, 3.8) is 0 Å². The van der Waals surface area contributed by atoms with E-state index in [9.17, 15) is 4.79 Å². The molecule has 0 unspecified atom stereocenters. The van der Waals surface area contributed by atoms with Crippen molar-refractivity contribution in [2.24, 2.45) is 0 Å². The molecule has 6 nitrogen and oxygen atoms in total. The van der Waals surface area contributed by atoms with E-state index >= 15 is 0 Å². The number of ether oxygens (including phenoxy) is 1. The van der Waals surface area contributed by atoms with Crippen LogP contribution >= 0.6 is 22.9 Å². The predicted octanol–water partition coefficient (Wildman–Crippen LogP) is 6.38. The molecule has 2 heterocycles. The summed E-state index contributed by atoms with van der Waals surface area (Å²) in [4.78, 5) is 21.0. The molecular formula is C29H31ClN4O2S. The molecule has 0 radical (unpaired) electrons. The van der Waals surface area contributed by atoms with Gasteiger partial charge >= 0.3 is 0 Å². The van der Waals surface area contributed by atoms with Gasteiger partial charge in [-0.25, -0.2) is 4.98 Å². The highest BCUT2D eigenvalue weighted by Gasteiger charge is 2.32. The Bertz CT molecular complexity index is 1400. The zero-order valence-corrected chi connectivity index (χ0v) is 22.6. The van der Waals surface area contributed by atoms with E-state index in [1.165, 1.54) is 11.3 Å². The molecule has 1 fully saturated rings. The number of carbonyl (C=O) groups excluding carboxylic acids is 1. The van der Waals surface area contributed by atoms with Crippen molar-refractivity contribution in [2.75, 3.05) is 19.9 Å². The Labute approximate surface area is 226 Å². The Morgan fingerprint density at radius 3 is 2.57 bits per heavy atom. The first-order chi connectivity index (χ1) is 18.0. The number of fused-ring (bicyclic) bond motifs is 1. The number of halogens is 1. The first kappa shape index (κ1) is 25.5. The average Bonchev–Trinajstić information content (AvgIpc) is 3.28. The third kappa shape index (κ3) is 5.30. The lowest BCUT2D eigenvalue weighted by molar-refractivity contribution is 0.0604. The van der Waals surface area contributed by atoms with Crippen molar-refractivity contribution in [3.05, 3.63) is 76.3 Å². The molecule has 4 aromatic rings. The van der Waals surface area contributed by atoms with Crippen LogP contribution in [-0.4, -0.2) is 42.0 Å². The van der Waals surface area contributed by atoms with Crippen molar-refractivity contribution in [3.8, 4) is 16.9 Å². The maximum absolute atomic E-state index is 14.2. The van der Waals surface area contributed by atoms with E-state index in [4.69, 9.17) is 22.1 Å². The molecule has 0 spiro atoms. The van der Waals surface area contributed by atoms with Gasteiger partial charge in [-0.1, -0.05) is 35.9 Å². The van der Waals surface area contributed by atoms with Gasteiger partial charge in [0.25, 0.3) is 5.91 Å². The van der Waals surface area contributed by atoms with Gasteiger partial charge in [-0.3, -0.25) is 4.79 Å². The molecule has 0 aliphatic heterocycles. The highest BCUT2D eigenvalue weighted by Crippen LogP contribution is 2.38. The molecule has 0 atom stereocenters. The maximum atomic E-state index is 14.2. The molecule has 1 aliphatic rings. The minimum Gasteiger partial charge on any atom is -0.496 e. The number of pyridine rings is 1. The lowest BCUT2D eigenvalue weighted by Crippen LogP contribution is -2.44. The van der Waals surface area contributed by atoms with Crippen molar-refractivity contribution in [2.45, 2.75) is 44.3 Å². The van der Waals surface area contributed by atoms with E-state index in [1.54, 1.807) is 19.4 Å². The van der Waals surface area contributed by atoms with Crippen molar-refractivity contribution < 1.29 is 9.53 Å². The molecule has 0 bridgehead atoms. The number of hydrogen-bond donors (Lipinski definition) is 2. The summed E-state index contributed by atoms with van der Waals surface area (Å²) in [6.07, 6.45) is 5.69. The largest absolute Gasteiger partial charge is 0.496 e. The number of aromatic nitrogens is 1. The van der Waals surface area contributed by atoms with Gasteiger partial charge in [0.2, 0.25) is 0 Å². The zero-order chi connectivity index (χ0) is 25.9. The number of nitrogen functional groups attached to an aromatic ring is 1. The molecule has 0 saturated heterocycles. The van der Waals surface area contributed by atoms with Crippen molar-refractivity contribution >= 4 is 44.7 Å². The summed E-state index contributed by atoms with van der Waals surface area (Å²) in [6, 6.07) is 18.3. The fourth-order valence-corrected chi connectivity index (χ4v) is 6.63. The van der Waals surface area contributed by atoms with Crippen LogP contribution in [-0.2, 0) is 6.54 Å². The lowest BCUT2D eigenvalue weighted by Gasteiger charge is -2.37. The summed E-state index contributed by atoms with van der Waals surface area (Å²) in [6.45, 7) is 0.428. The summed E-state index contributed by atoms with van der Waals surface area (Å²) in [5.74, 6) is 1.20. The molecule has 1 amide bonds. The molecule has 8 heteroatoms. The van der Waals surface area contributed by atoms with Crippen LogP contribution in [0.4, 0.5) is 5.82 Å². The van der Waals surface area contributed by atoms with E-state index in [1.807, 2.05) is 54.4 Å². The highest BCUT2D eigenvalue weighted by atomic mass is 35.5. The van der Waals surface area contributed by atoms with Crippen LogP contribution < -0.4 is 15.8 Å². The number of nitrogens with one attached hydrogen (secondary N) is 1. The smallest absolute Gasteiger partial charge is 0.266 e. The van der Waals surface area contributed by atoms with Crippen LogP contribution in [0.25, 0.3) is 21.2 Å². The number of rotatable bonds is 7. The number of amides is 1. The van der Waals surface area contributed by atoms with Gasteiger partial charge < -0.3 is 20.7 Å². The molecule has 2 aromatic carbocycles.